The molecule has 5 rings (SSSR count). The zero-order chi connectivity index (χ0) is 28.1. The van der Waals surface area contributed by atoms with Gasteiger partial charge in [0.05, 0.1) is 5.56 Å². The van der Waals surface area contributed by atoms with Crippen molar-refractivity contribution in [3.05, 3.63) is 88.6 Å². The van der Waals surface area contributed by atoms with Gasteiger partial charge < -0.3 is 14.6 Å². The van der Waals surface area contributed by atoms with Gasteiger partial charge in [-0.2, -0.15) is 4.80 Å². The average molecular weight is 565 g/mol. The molecule has 0 aliphatic heterocycles. The van der Waals surface area contributed by atoms with Gasteiger partial charge in [0.2, 0.25) is 11.7 Å². The first kappa shape index (κ1) is 27.5. The third-order valence-corrected chi connectivity index (χ3v) is 7.37. The number of furan rings is 1. The normalized spacial score (nSPS) is 14.6. The number of carbonyl (C=O) groups is 2. The van der Waals surface area contributed by atoms with Gasteiger partial charge in [0.15, 0.2) is 6.04 Å². The summed E-state index contributed by atoms with van der Waals surface area (Å²) in [5, 5.41) is 15.7. The Morgan fingerprint density at radius 2 is 1.85 bits per heavy atom. The Balaban J connectivity index is 1.47. The summed E-state index contributed by atoms with van der Waals surface area (Å²) in [6.07, 6.45) is 5.00. The number of hydrogen-bond donors (Lipinski definition) is 1. The van der Waals surface area contributed by atoms with Crippen LogP contribution in [0.1, 0.15) is 55.2 Å². The second kappa shape index (κ2) is 12.4. The molecule has 1 N–H and O–H groups in total. The highest BCUT2D eigenvalue weighted by molar-refractivity contribution is 6.31. The molecular formula is C29H30ClFN6O3. The average Bonchev–Trinajstić information content (AvgIpc) is 3.59. The Bertz CT molecular complexity index is 1480. The quantitative estimate of drug-likeness (QED) is 0.297. The molecule has 1 aliphatic rings. The fourth-order valence-electron chi connectivity index (χ4n) is 4.96. The lowest BCUT2D eigenvalue weighted by molar-refractivity contribution is -0.143. The van der Waals surface area contributed by atoms with E-state index in [0.29, 0.717) is 22.1 Å². The highest BCUT2D eigenvalue weighted by Gasteiger charge is 2.36. The minimum absolute atomic E-state index is 0.0254. The maximum absolute atomic E-state index is 14.3. The molecule has 0 spiro atoms. The molecule has 9 nitrogen and oxygen atoms in total. The minimum Gasteiger partial charge on any atom is -0.464 e. The number of aryl methyl sites for hydroxylation is 1. The summed E-state index contributed by atoms with van der Waals surface area (Å²) < 4.78 is 20.2. The Morgan fingerprint density at radius 1 is 1.10 bits per heavy atom. The van der Waals surface area contributed by atoms with E-state index in [1.807, 2.05) is 6.07 Å². The van der Waals surface area contributed by atoms with Crippen LogP contribution in [0.25, 0.3) is 11.4 Å². The molecule has 2 aromatic heterocycles. The van der Waals surface area contributed by atoms with E-state index < -0.39 is 17.8 Å². The molecule has 40 heavy (non-hydrogen) atoms. The summed E-state index contributed by atoms with van der Waals surface area (Å²) in [5.41, 5.74) is 0.833. The van der Waals surface area contributed by atoms with Crippen molar-refractivity contribution in [3.63, 3.8) is 0 Å². The van der Waals surface area contributed by atoms with Gasteiger partial charge in [-0.15, -0.1) is 10.2 Å². The van der Waals surface area contributed by atoms with Gasteiger partial charge in [-0.1, -0.05) is 61.2 Å². The van der Waals surface area contributed by atoms with Crippen LogP contribution < -0.4 is 5.32 Å². The van der Waals surface area contributed by atoms with E-state index in [9.17, 15) is 14.0 Å². The van der Waals surface area contributed by atoms with Crippen LogP contribution in [0.15, 0.2) is 65.1 Å². The van der Waals surface area contributed by atoms with E-state index in [0.717, 1.165) is 36.9 Å². The lowest BCUT2D eigenvalue weighted by atomic mass is 9.95. The second-order valence-corrected chi connectivity index (χ2v) is 10.3. The molecule has 11 heteroatoms. The van der Waals surface area contributed by atoms with Crippen molar-refractivity contribution in [1.29, 1.82) is 0 Å². The fraction of sp³-hybridized carbons (Fsp3) is 0.345. The van der Waals surface area contributed by atoms with Gasteiger partial charge in [0.1, 0.15) is 23.9 Å². The number of rotatable bonds is 9. The van der Waals surface area contributed by atoms with E-state index in [1.54, 1.807) is 49.4 Å². The van der Waals surface area contributed by atoms with Gasteiger partial charge in [-0.3, -0.25) is 9.59 Å². The molecule has 0 saturated heterocycles. The summed E-state index contributed by atoms with van der Waals surface area (Å²) in [6, 6.07) is 15.6. The van der Waals surface area contributed by atoms with E-state index in [1.165, 1.54) is 17.0 Å². The SMILES string of the molecule is Cc1ccc(C(C(=O)NC2CCCCC2)N(Cc2ccccc2Cl)C(=O)Cn2nnc(-c3ccccc3F)n2)o1. The van der Waals surface area contributed by atoms with Crippen LogP contribution in [-0.4, -0.2) is 43.0 Å². The Kier molecular flexibility index (Phi) is 8.54. The monoisotopic (exact) mass is 564 g/mol. The molecule has 1 saturated carbocycles. The molecule has 2 heterocycles. The molecule has 1 atom stereocenters. The molecule has 0 bridgehead atoms. The number of carbonyl (C=O) groups excluding carboxylic acids is 2. The number of tetrazole rings is 1. The van der Waals surface area contributed by atoms with Crippen LogP contribution in [0.5, 0.6) is 0 Å². The largest absolute Gasteiger partial charge is 0.464 e. The first-order valence-electron chi connectivity index (χ1n) is 13.3. The van der Waals surface area contributed by atoms with Crippen LogP contribution in [0, 0.1) is 12.7 Å². The van der Waals surface area contributed by atoms with Crippen LogP contribution >= 0.6 is 11.6 Å². The summed E-state index contributed by atoms with van der Waals surface area (Å²) >= 11 is 6.47. The van der Waals surface area contributed by atoms with Gasteiger partial charge in [-0.25, -0.2) is 4.39 Å². The van der Waals surface area contributed by atoms with Crippen LogP contribution in [0.3, 0.4) is 0 Å². The highest BCUT2D eigenvalue weighted by atomic mass is 35.5. The summed E-state index contributed by atoms with van der Waals surface area (Å²) in [6.45, 7) is 1.48. The number of nitrogens with one attached hydrogen (secondary N) is 1. The van der Waals surface area contributed by atoms with Crippen LogP contribution in [0.2, 0.25) is 5.02 Å². The number of halogens is 2. The van der Waals surface area contributed by atoms with Crippen molar-refractivity contribution in [3.8, 4) is 11.4 Å². The van der Waals surface area contributed by atoms with Crippen molar-refractivity contribution in [2.24, 2.45) is 0 Å². The van der Waals surface area contributed by atoms with E-state index in [-0.39, 0.29) is 36.4 Å². The Labute approximate surface area is 236 Å². The third-order valence-electron chi connectivity index (χ3n) is 7.01. The lowest BCUT2D eigenvalue weighted by Gasteiger charge is -2.32. The predicted molar refractivity (Wildman–Crippen MR) is 146 cm³/mol. The number of hydrogen-bond acceptors (Lipinski definition) is 6. The van der Waals surface area contributed by atoms with E-state index in [2.05, 4.69) is 20.7 Å². The summed E-state index contributed by atoms with van der Waals surface area (Å²) in [5.74, 6) is -0.290. The zero-order valence-electron chi connectivity index (χ0n) is 22.1. The van der Waals surface area contributed by atoms with Crippen molar-refractivity contribution >= 4 is 23.4 Å². The number of nitrogens with zero attached hydrogens (tertiary/aromatic N) is 5. The van der Waals surface area contributed by atoms with Crippen molar-refractivity contribution in [2.75, 3.05) is 0 Å². The van der Waals surface area contributed by atoms with Crippen molar-refractivity contribution in [2.45, 2.75) is 64.2 Å². The highest BCUT2D eigenvalue weighted by Crippen LogP contribution is 2.29. The maximum atomic E-state index is 14.3. The Morgan fingerprint density at radius 3 is 2.58 bits per heavy atom. The molecule has 1 fully saturated rings. The minimum atomic E-state index is -1.06. The standard InChI is InChI=1S/C29H30ClFN6O3/c1-19-15-16-25(40-19)27(29(39)32-21-10-3-2-4-11-21)36(17-20-9-5-7-13-23(20)30)26(38)18-37-34-28(33-35-37)22-12-6-8-14-24(22)31/h5-9,12-16,21,27H,2-4,10-11,17-18H2,1H3,(H,32,39). The molecule has 2 amide bonds. The summed E-state index contributed by atoms with van der Waals surface area (Å²) in [7, 11) is 0. The number of amides is 2. The molecule has 0 radical (unpaired) electrons. The van der Waals surface area contributed by atoms with Crippen LogP contribution in [0.4, 0.5) is 4.39 Å². The fourth-order valence-corrected chi connectivity index (χ4v) is 5.15. The molecule has 1 unspecified atom stereocenters. The van der Waals surface area contributed by atoms with Gasteiger partial charge in [0, 0.05) is 17.6 Å². The smallest absolute Gasteiger partial charge is 0.250 e. The van der Waals surface area contributed by atoms with Gasteiger partial charge in [0.25, 0.3) is 5.91 Å². The first-order valence-corrected chi connectivity index (χ1v) is 13.7. The third kappa shape index (κ3) is 6.39. The summed E-state index contributed by atoms with van der Waals surface area (Å²) in [4.78, 5) is 30.3. The maximum Gasteiger partial charge on any atom is 0.250 e. The van der Waals surface area contributed by atoms with Crippen molar-refractivity contribution in [1.82, 2.24) is 30.4 Å². The second-order valence-electron chi connectivity index (χ2n) is 9.93. The topological polar surface area (TPSA) is 106 Å². The first-order chi connectivity index (χ1) is 19.4. The zero-order valence-corrected chi connectivity index (χ0v) is 22.9. The molecule has 1 aliphatic carbocycles. The van der Waals surface area contributed by atoms with Crippen molar-refractivity contribution < 1.29 is 18.4 Å². The Hall–Kier alpha value is -4.05. The predicted octanol–water partition coefficient (Wildman–Crippen LogP) is 5.25. The van der Waals surface area contributed by atoms with Crippen LogP contribution in [-0.2, 0) is 22.7 Å². The number of aromatic nitrogens is 4. The van der Waals surface area contributed by atoms with E-state index in [4.69, 9.17) is 16.0 Å². The molecule has 208 valence electrons. The van der Waals surface area contributed by atoms with Gasteiger partial charge in [-0.05, 0) is 60.9 Å². The number of benzene rings is 2. The van der Waals surface area contributed by atoms with Gasteiger partial charge >= 0.3 is 0 Å². The molecular weight excluding hydrogens is 535 g/mol. The molecule has 2 aromatic carbocycles. The lowest BCUT2D eigenvalue weighted by Crippen LogP contribution is -2.47. The molecule has 4 aromatic rings. The van der Waals surface area contributed by atoms with E-state index >= 15 is 0 Å².